The fourth-order valence-electron chi connectivity index (χ4n) is 3.49. The summed E-state index contributed by atoms with van der Waals surface area (Å²) in [5, 5.41) is 13.0. The fraction of sp³-hybridized carbons (Fsp3) is 0.478. The summed E-state index contributed by atoms with van der Waals surface area (Å²) in [6.45, 7) is 12.6. The van der Waals surface area contributed by atoms with Crippen LogP contribution in [0.15, 0.2) is 36.4 Å². The van der Waals surface area contributed by atoms with E-state index < -0.39 is 5.97 Å². The SMILES string of the molecule is Cc1cc(COCc2ccccc2)c(C(=O)O)c(NCCN(C(C)C)C(C)C)n1. The van der Waals surface area contributed by atoms with E-state index in [0.717, 1.165) is 17.8 Å². The molecule has 158 valence electrons. The Morgan fingerprint density at radius 3 is 2.38 bits per heavy atom. The second kappa shape index (κ2) is 10.9. The number of carboxylic acids is 1. The third kappa shape index (κ3) is 6.84. The lowest BCUT2D eigenvalue weighted by Crippen LogP contribution is -2.40. The number of aromatic nitrogens is 1. The largest absolute Gasteiger partial charge is 0.478 e. The van der Waals surface area contributed by atoms with Crippen molar-refractivity contribution in [3.63, 3.8) is 0 Å². The van der Waals surface area contributed by atoms with Crippen molar-refractivity contribution in [3.05, 3.63) is 58.8 Å². The summed E-state index contributed by atoms with van der Waals surface area (Å²) in [5.41, 5.74) is 2.63. The van der Waals surface area contributed by atoms with Crippen molar-refractivity contribution in [1.82, 2.24) is 9.88 Å². The molecular formula is C23H33N3O3. The van der Waals surface area contributed by atoms with E-state index in [0.29, 0.717) is 36.6 Å². The molecule has 0 aliphatic heterocycles. The van der Waals surface area contributed by atoms with Crippen molar-refractivity contribution in [2.75, 3.05) is 18.4 Å². The van der Waals surface area contributed by atoms with Gasteiger partial charge in [0.1, 0.15) is 11.4 Å². The van der Waals surface area contributed by atoms with Crippen LogP contribution in [-0.4, -0.2) is 46.1 Å². The standard InChI is InChI=1S/C23H33N3O3/c1-16(2)26(17(3)4)12-11-24-22-21(23(27)28)20(13-18(5)25-22)15-29-14-19-9-7-6-8-10-19/h6-10,13,16-17H,11-12,14-15H2,1-5H3,(H,24,25)(H,27,28). The Hall–Kier alpha value is -2.44. The molecule has 1 heterocycles. The molecule has 2 N–H and O–H groups in total. The Labute approximate surface area is 173 Å². The molecule has 0 atom stereocenters. The van der Waals surface area contributed by atoms with E-state index in [-0.39, 0.29) is 12.2 Å². The molecule has 0 unspecified atom stereocenters. The van der Waals surface area contributed by atoms with Crippen LogP contribution in [0.2, 0.25) is 0 Å². The third-order valence-electron chi connectivity index (χ3n) is 4.80. The van der Waals surface area contributed by atoms with Gasteiger partial charge in [-0.25, -0.2) is 9.78 Å². The van der Waals surface area contributed by atoms with Gasteiger partial charge in [0.05, 0.1) is 13.2 Å². The molecule has 1 aromatic heterocycles. The Kier molecular flexibility index (Phi) is 8.61. The van der Waals surface area contributed by atoms with Crippen molar-refractivity contribution in [3.8, 4) is 0 Å². The number of nitrogens with one attached hydrogen (secondary N) is 1. The van der Waals surface area contributed by atoms with Gasteiger partial charge >= 0.3 is 5.97 Å². The quantitative estimate of drug-likeness (QED) is 0.586. The van der Waals surface area contributed by atoms with Crippen LogP contribution >= 0.6 is 0 Å². The van der Waals surface area contributed by atoms with Crippen molar-refractivity contribution in [1.29, 1.82) is 0 Å². The lowest BCUT2D eigenvalue weighted by molar-refractivity contribution is 0.0684. The number of pyridine rings is 1. The molecule has 0 bridgehead atoms. The van der Waals surface area contributed by atoms with Crippen LogP contribution in [0.3, 0.4) is 0 Å². The minimum atomic E-state index is -0.997. The first-order valence-electron chi connectivity index (χ1n) is 10.1. The van der Waals surface area contributed by atoms with E-state index >= 15 is 0 Å². The Balaban J connectivity index is 2.10. The van der Waals surface area contributed by atoms with Gasteiger partial charge in [0.15, 0.2) is 0 Å². The molecule has 29 heavy (non-hydrogen) atoms. The van der Waals surface area contributed by atoms with Gasteiger partial charge in [-0.2, -0.15) is 0 Å². The molecule has 0 aliphatic carbocycles. The lowest BCUT2D eigenvalue weighted by atomic mass is 10.1. The molecule has 0 radical (unpaired) electrons. The van der Waals surface area contributed by atoms with Crippen LogP contribution < -0.4 is 5.32 Å². The molecule has 0 aliphatic rings. The van der Waals surface area contributed by atoms with E-state index in [1.165, 1.54) is 0 Å². The minimum absolute atomic E-state index is 0.185. The number of carbonyl (C=O) groups is 1. The average molecular weight is 400 g/mol. The summed E-state index contributed by atoms with van der Waals surface area (Å²) in [4.78, 5) is 18.8. The number of nitrogens with zero attached hydrogens (tertiary/aromatic N) is 2. The number of benzene rings is 1. The maximum atomic E-state index is 12.0. The Bertz CT molecular complexity index is 783. The summed E-state index contributed by atoms with van der Waals surface area (Å²) in [7, 11) is 0. The monoisotopic (exact) mass is 399 g/mol. The minimum Gasteiger partial charge on any atom is -0.478 e. The first-order valence-corrected chi connectivity index (χ1v) is 10.1. The van der Waals surface area contributed by atoms with Gasteiger partial charge in [-0.15, -0.1) is 0 Å². The molecule has 0 amide bonds. The second-order valence-electron chi connectivity index (χ2n) is 7.78. The number of rotatable bonds is 11. The smallest absolute Gasteiger partial charge is 0.339 e. The molecule has 2 rings (SSSR count). The van der Waals surface area contributed by atoms with E-state index in [1.54, 1.807) is 6.07 Å². The van der Waals surface area contributed by atoms with Crippen LogP contribution in [0.1, 0.15) is 54.9 Å². The first kappa shape index (κ1) is 22.8. The number of carboxylic acid groups (broad SMARTS) is 1. The van der Waals surface area contributed by atoms with Crippen LogP contribution in [-0.2, 0) is 18.0 Å². The van der Waals surface area contributed by atoms with Crippen molar-refractivity contribution in [2.45, 2.75) is 59.9 Å². The zero-order chi connectivity index (χ0) is 21.4. The van der Waals surface area contributed by atoms with Crippen LogP contribution in [0.25, 0.3) is 0 Å². The summed E-state index contributed by atoms with van der Waals surface area (Å²) in [5.74, 6) is -0.592. The number of aromatic carboxylic acids is 1. The second-order valence-corrected chi connectivity index (χ2v) is 7.78. The fourth-order valence-corrected chi connectivity index (χ4v) is 3.49. The number of aryl methyl sites for hydroxylation is 1. The van der Waals surface area contributed by atoms with Crippen molar-refractivity contribution in [2.24, 2.45) is 0 Å². The average Bonchev–Trinajstić information content (AvgIpc) is 2.64. The molecule has 1 aromatic carbocycles. The highest BCUT2D eigenvalue weighted by atomic mass is 16.5. The molecule has 0 fully saturated rings. The van der Waals surface area contributed by atoms with Gasteiger partial charge in [0.25, 0.3) is 0 Å². The van der Waals surface area contributed by atoms with Crippen LogP contribution in [0, 0.1) is 6.92 Å². The first-order chi connectivity index (χ1) is 13.8. The van der Waals surface area contributed by atoms with Gasteiger partial charge in [-0.05, 0) is 51.8 Å². The molecule has 6 heteroatoms. The number of hydrogen-bond donors (Lipinski definition) is 2. The normalized spacial score (nSPS) is 11.4. The van der Waals surface area contributed by atoms with E-state index in [9.17, 15) is 9.90 Å². The van der Waals surface area contributed by atoms with E-state index in [4.69, 9.17) is 4.74 Å². The van der Waals surface area contributed by atoms with Crippen LogP contribution in [0.5, 0.6) is 0 Å². The topological polar surface area (TPSA) is 74.7 Å². The predicted molar refractivity (Wildman–Crippen MR) is 116 cm³/mol. The molecule has 0 spiro atoms. The number of ether oxygens (including phenoxy) is 1. The molecule has 0 saturated heterocycles. The summed E-state index contributed by atoms with van der Waals surface area (Å²) in [6, 6.07) is 12.5. The van der Waals surface area contributed by atoms with Crippen molar-refractivity contribution < 1.29 is 14.6 Å². The Morgan fingerprint density at radius 2 is 1.79 bits per heavy atom. The number of anilines is 1. The van der Waals surface area contributed by atoms with E-state index in [1.807, 2.05) is 37.3 Å². The molecular weight excluding hydrogens is 366 g/mol. The van der Waals surface area contributed by atoms with Gasteiger partial charge < -0.3 is 15.2 Å². The highest BCUT2D eigenvalue weighted by Gasteiger charge is 2.19. The predicted octanol–water partition coefficient (Wildman–Crippen LogP) is 4.34. The van der Waals surface area contributed by atoms with Gasteiger partial charge in [-0.3, -0.25) is 4.90 Å². The number of hydrogen-bond acceptors (Lipinski definition) is 5. The molecule has 2 aromatic rings. The van der Waals surface area contributed by atoms with E-state index in [2.05, 4.69) is 42.9 Å². The molecule has 6 nitrogen and oxygen atoms in total. The summed E-state index contributed by atoms with van der Waals surface area (Å²) >= 11 is 0. The van der Waals surface area contributed by atoms with Gasteiger partial charge in [0, 0.05) is 30.9 Å². The third-order valence-corrected chi connectivity index (χ3v) is 4.80. The van der Waals surface area contributed by atoms with Gasteiger partial charge in [-0.1, -0.05) is 30.3 Å². The highest BCUT2D eigenvalue weighted by Crippen LogP contribution is 2.21. The summed E-state index contributed by atoms with van der Waals surface area (Å²) in [6.07, 6.45) is 0. The highest BCUT2D eigenvalue weighted by molar-refractivity contribution is 5.94. The molecule has 0 saturated carbocycles. The Morgan fingerprint density at radius 1 is 1.14 bits per heavy atom. The van der Waals surface area contributed by atoms with Crippen LogP contribution in [0.4, 0.5) is 5.82 Å². The van der Waals surface area contributed by atoms with Crippen molar-refractivity contribution >= 4 is 11.8 Å². The zero-order valence-corrected chi connectivity index (χ0v) is 18.1. The lowest BCUT2D eigenvalue weighted by Gasteiger charge is -2.30. The summed E-state index contributed by atoms with van der Waals surface area (Å²) < 4.78 is 5.79. The maximum absolute atomic E-state index is 12.0. The maximum Gasteiger partial charge on any atom is 0.339 e. The van der Waals surface area contributed by atoms with Gasteiger partial charge in [0.2, 0.25) is 0 Å². The zero-order valence-electron chi connectivity index (χ0n) is 18.1.